The topological polar surface area (TPSA) is 69.6 Å². The van der Waals surface area contributed by atoms with Crippen molar-refractivity contribution in [2.75, 3.05) is 5.73 Å². The van der Waals surface area contributed by atoms with Gasteiger partial charge >= 0.3 is 6.18 Å². The molecule has 0 bridgehead atoms. The first-order valence-electron chi connectivity index (χ1n) is 4.08. The maximum absolute atomic E-state index is 12.2. The molecule has 2 heterocycles. The Morgan fingerprint density at radius 3 is 2.69 bits per heavy atom. The monoisotopic (exact) mass is 295 g/mol. The molecule has 86 valence electrons. The van der Waals surface area contributed by atoms with Crippen LogP contribution in [0.1, 0.15) is 0 Å². The van der Waals surface area contributed by atoms with Gasteiger partial charge in [0.25, 0.3) is 0 Å². The van der Waals surface area contributed by atoms with Crippen LogP contribution in [0.25, 0.3) is 11.0 Å². The van der Waals surface area contributed by atoms with Gasteiger partial charge in [-0.15, -0.1) is 0 Å². The lowest BCUT2D eigenvalue weighted by Gasteiger charge is -2.06. The lowest BCUT2D eigenvalue weighted by molar-refractivity contribution is -0.142. The molecule has 2 N–H and O–H groups in total. The van der Waals surface area contributed by atoms with Crippen molar-refractivity contribution in [2.45, 2.75) is 12.7 Å². The molecule has 0 aromatic carbocycles. The number of alkyl halides is 3. The minimum absolute atomic E-state index is 0.0525. The van der Waals surface area contributed by atoms with Crippen molar-refractivity contribution < 1.29 is 13.2 Å². The molecule has 0 aliphatic heterocycles. The molecule has 0 fully saturated rings. The van der Waals surface area contributed by atoms with Crippen LogP contribution in [0.4, 0.5) is 19.0 Å². The normalized spacial score (nSPS) is 12.2. The molecule has 0 radical (unpaired) electrons. The zero-order chi connectivity index (χ0) is 11.9. The fourth-order valence-corrected chi connectivity index (χ4v) is 1.84. The zero-order valence-corrected chi connectivity index (χ0v) is 9.25. The summed E-state index contributed by atoms with van der Waals surface area (Å²) in [5.41, 5.74) is 5.57. The molecule has 2 aromatic rings. The van der Waals surface area contributed by atoms with Crippen LogP contribution in [0.2, 0.25) is 0 Å². The van der Waals surface area contributed by atoms with Gasteiger partial charge in [-0.05, 0) is 15.9 Å². The summed E-state index contributed by atoms with van der Waals surface area (Å²) in [6.07, 6.45) is -3.27. The number of nitrogens with zero attached hydrogens (tertiary/aromatic N) is 4. The highest BCUT2D eigenvalue weighted by atomic mass is 79.9. The Balaban J connectivity index is 2.60. The van der Waals surface area contributed by atoms with E-state index in [-0.39, 0.29) is 21.5 Å². The van der Waals surface area contributed by atoms with E-state index in [4.69, 9.17) is 5.73 Å². The summed E-state index contributed by atoms with van der Waals surface area (Å²) >= 11 is 3.02. The number of fused-ring (bicyclic) bond motifs is 1. The van der Waals surface area contributed by atoms with E-state index in [1.54, 1.807) is 0 Å². The fraction of sp³-hybridized carbons (Fsp3) is 0.286. The maximum Gasteiger partial charge on any atom is 0.408 e. The van der Waals surface area contributed by atoms with Crippen LogP contribution in [-0.4, -0.2) is 25.9 Å². The van der Waals surface area contributed by atoms with Crippen molar-refractivity contribution in [2.24, 2.45) is 0 Å². The van der Waals surface area contributed by atoms with E-state index in [1.807, 2.05) is 0 Å². The van der Waals surface area contributed by atoms with E-state index in [0.717, 1.165) is 11.0 Å². The summed E-state index contributed by atoms with van der Waals surface area (Å²) in [4.78, 5) is 7.41. The van der Waals surface area contributed by atoms with E-state index in [1.165, 1.54) is 0 Å². The van der Waals surface area contributed by atoms with E-state index < -0.39 is 12.7 Å². The van der Waals surface area contributed by atoms with Gasteiger partial charge in [0, 0.05) is 0 Å². The van der Waals surface area contributed by atoms with Crippen LogP contribution in [-0.2, 0) is 6.54 Å². The number of rotatable bonds is 1. The molecule has 2 aromatic heterocycles. The van der Waals surface area contributed by atoms with Crippen molar-refractivity contribution in [3.8, 4) is 0 Å². The highest BCUT2D eigenvalue weighted by molar-refractivity contribution is 9.10. The van der Waals surface area contributed by atoms with Crippen LogP contribution < -0.4 is 5.73 Å². The number of hydrogen-bond acceptors (Lipinski definition) is 4. The molecule has 0 saturated carbocycles. The minimum Gasteiger partial charge on any atom is -0.383 e. The Bertz CT molecular complexity index is 535. The highest BCUT2D eigenvalue weighted by Crippen LogP contribution is 2.27. The van der Waals surface area contributed by atoms with Gasteiger partial charge in [-0.25, -0.2) is 14.6 Å². The summed E-state index contributed by atoms with van der Waals surface area (Å²) in [6.45, 7) is -1.22. The van der Waals surface area contributed by atoms with Crippen molar-refractivity contribution in [3.05, 3.63) is 10.9 Å². The third-order valence-electron chi connectivity index (χ3n) is 1.84. The van der Waals surface area contributed by atoms with Crippen LogP contribution in [0.5, 0.6) is 0 Å². The van der Waals surface area contributed by atoms with E-state index in [0.29, 0.717) is 0 Å². The molecule has 0 atom stereocenters. The van der Waals surface area contributed by atoms with Crippen molar-refractivity contribution >= 4 is 32.8 Å². The highest BCUT2D eigenvalue weighted by Gasteiger charge is 2.30. The molecule has 5 nitrogen and oxygen atoms in total. The zero-order valence-electron chi connectivity index (χ0n) is 7.66. The smallest absolute Gasteiger partial charge is 0.383 e. The number of aromatic nitrogens is 4. The Morgan fingerprint density at radius 2 is 2.06 bits per heavy atom. The molecule has 9 heteroatoms. The van der Waals surface area contributed by atoms with E-state index >= 15 is 0 Å². The van der Waals surface area contributed by atoms with Gasteiger partial charge in [-0.2, -0.15) is 18.3 Å². The van der Waals surface area contributed by atoms with Gasteiger partial charge in [0.1, 0.15) is 23.3 Å². The summed E-state index contributed by atoms with van der Waals surface area (Å²) in [5.74, 6) is 0.0882. The summed E-state index contributed by atoms with van der Waals surface area (Å²) in [6, 6.07) is 0. The Hall–Kier alpha value is -1.38. The van der Waals surface area contributed by atoms with E-state index in [9.17, 15) is 13.2 Å². The second-order valence-corrected chi connectivity index (χ2v) is 3.77. The van der Waals surface area contributed by atoms with Gasteiger partial charge in [-0.1, -0.05) is 0 Å². The van der Waals surface area contributed by atoms with Gasteiger partial charge in [-0.3, -0.25) is 0 Å². The van der Waals surface area contributed by atoms with Crippen LogP contribution in [0, 0.1) is 0 Å². The number of anilines is 1. The first kappa shape index (κ1) is 11.1. The first-order valence-corrected chi connectivity index (χ1v) is 4.87. The Labute approximate surface area is 95.6 Å². The minimum atomic E-state index is -4.36. The Morgan fingerprint density at radius 1 is 1.38 bits per heavy atom. The lowest BCUT2D eigenvalue weighted by atomic mass is 10.4. The van der Waals surface area contributed by atoms with Gasteiger partial charge in [0.15, 0.2) is 5.65 Å². The predicted octanol–water partition coefficient (Wildman–Crippen LogP) is 1.73. The molecule has 2 rings (SSSR count). The van der Waals surface area contributed by atoms with Crippen LogP contribution in [0.3, 0.4) is 0 Å². The molecular weight excluding hydrogens is 291 g/mol. The number of halogens is 4. The fourth-order valence-electron chi connectivity index (χ4n) is 1.27. The summed E-state index contributed by atoms with van der Waals surface area (Å²) < 4.78 is 37.6. The Kier molecular flexibility index (Phi) is 2.49. The van der Waals surface area contributed by atoms with Crippen molar-refractivity contribution in [1.82, 2.24) is 19.7 Å². The van der Waals surface area contributed by atoms with Crippen molar-refractivity contribution in [1.29, 1.82) is 0 Å². The summed E-state index contributed by atoms with van der Waals surface area (Å²) in [5, 5.41) is 3.95. The van der Waals surface area contributed by atoms with E-state index in [2.05, 4.69) is 31.0 Å². The predicted molar refractivity (Wildman–Crippen MR) is 53.5 cm³/mol. The molecule has 0 saturated heterocycles. The number of hydrogen-bond donors (Lipinski definition) is 1. The molecular formula is C7H5BrF3N5. The average Bonchev–Trinajstić information content (AvgIpc) is 2.42. The van der Waals surface area contributed by atoms with Gasteiger partial charge < -0.3 is 5.73 Å². The molecule has 0 amide bonds. The maximum atomic E-state index is 12.2. The quantitative estimate of drug-likeness (QED) is 0.870. The average molecular weight is 296 g/mol. The third kappa shape index (κ3) is 1.94. The van der Waals surface area contributed by atoms with Crippen molar-refractivity contribution in [3.63, 3.8) is 0 Å². The molecule has 0 aliphatic rings. The molecule has 0 spiro atoms. The number of nitrogens with two attached hydrogens (primary N) is 1. The lowest BCUT2D eigenvalue weighted by Crippen LogP contribution is -2.18. The van der Waals surface area contributed by atoms with Gasteiger partial charge in [0.05, 0.1) is 5.39 Å². The summed E-state index contributed by atoms with van der Waals surface area (Å²) in [7, 11) is 0. The number of nitrogen functional groups attached to an aromatic ring is 1. The largest absolute Gasteiger partial charge is 0.408 e. The third-order valence-corrected chi connectivity index (χ3v) is 2.40. The molecule has 0 aliphatic carbocycles. The SMILES string of the molecule is Nc1ncnc2c1c(Br)nn2CC(F)(F)F. The van der Waals surface area contributed by atoms with Crippen LogP contribution >= 0.6 is 15.9 Å². The standard InChI is InChI=1S/C7H5BrF3N5/c8-4-3-5(12)13-2-14-6(3)16(15-4)1-7(9,10)11/h2H,1H2,(H2,12,13,14). The van der Waals surface area contributed by atoms with Gasteiger partial charge in [0.2, 0.25) is 0 Å². The first-order chi connectivity index (χ1) is 7.38. The molecule has 16 heavy (non-hydrogen) atoms. The second-order valence-electron chi connectivity index (χ2n) is 3.02. The molecule has 0 unspecified atom stereocenters. The van der Waals surface area contributed by atoms with Crippen LogP contribution in [0.15, 0.2) is 10.9 Å². The second kappa shape index (κ2) is 3.58.